The van der Waals surface area contributed by atoms with Crippen molar-refractivity contribution >= 4 is 35.0 Å². The van der Waals surface area contributed by atoms with Crippen LogP contribution in [0, 0.1) is 24.5 Å². The lowest BCUT2D eigenvalue weighted by Crippen LogP contribution is -2.44. The monoisotopic (exact) mass is 449 g/mol. The molecular weight excluding hydrogens is 428 g/mol. The number of carbonyl (C=O) groups is 3. The minimum atomic E-state index is -0.911. The topological polar surface area (TPSA) is 78.5 Å². The number of nitrogens with zero attached hydrogens (tertiary/aromatic N) is 1. The van der Waals surface area contributed by atoms with Crippen molar-refractivity contribution in [1.82, 2.24) is 10.2 Å². The highest BCUT2D eigenvalue weighted by Gasteiger charge is 2.29. The maximum Gasteiger partial charge on any atom is 0.256 e. The number of amides is 3. The molecule has 31 heavy (non-hydrogen) atoms. The number of hydrogen-bond donors (Lipinski definition) is 2. The number of carbonyl (C=O) groups excluding carboxylic acids is 3. The van der Waals surface area contributed by atoms with Gasteiger partial charge in [-0.15, -0.1) is 0 Å². The summed E-state index contributed by atoms with van der Waals surface area (Å²) in [6, 6.07) is 7.98. The minimum Gasteiger partial charge on any atom is -0.347 e. The molecular formula is C22H22ClF2N3O3. The Hall–Kier alpha value is -3.00. The molecule has 3 rings (SSSR count). The van der Waals surface area contributed by atoms with Crippen LogP contribution >= 0.6 is 11.6 Å². The van der Waals surface area contributed by atoms with Crippen LogP contribution in [0.15, 0.2) is 36.4 Å². The first-order valence-corrected chi connectivity index (χ1v) is 10.2. The van der Waals surface area contributed by atoms with Gasteiger partial charge in [0, 0.05) is 35.8 Å². The van der Waals surface area contributed by atoms with E-state index in [2.05, 4.69) is 10.6 Å². The molecule has 1 heterocycles. The van der Waals surface area contributed by atoms with E-state index in [9.17, 15) is 23.2 Å². The van der Waals surface area contributed by atoms with Crippen molar-refractivity contribution < 1.29 is 23.2 Å². The van der Waals surface area contributed by atoms with Gasteiger partial charge < -0.3 is 15.5 Å². The molecule has 1 aliphatic rings. The van der Waals surface area contributed by atoms with Gasteiger partial charge in [-0.2, -0.15) is 0 Å². The lowest BCUT2D eigenvalue weighted by molar-refractivity contribution is -0.128. The summed E-state index contributed by atoms with van der Waals surface area (Å²) in [4.78, 5) is 38.4. The predicted octanol–water partition coefficient (Wildman–Crippen LogP) is 3.53. The number of halogens is 3. The van der Waals surface area contributed by atoms with Gasteiger partial charge in [0.1, 0.15) is 11.6 Å². The highest BCUT2D eigenvalue weighted by atomic mass is 35.5. The van der Waals surface area contributed by atoms with E-state index in [4.69, 9.17) is 11.6 Å². The highest BCUT2D eigenvalue weighted by molar-refractivity contribution is 6.31. The number of benzene rings is 2. The fraction of sp³-hybridized carbons (Fsp3) is 0.318. The van der Waals surface area contributed by atoms with Gasteiger partial charge >= 0.3 is 0 Å². The molecule has 6 nitrogen and oxygen atoms in total. The summed E-state index contributed by atoms with van der Waals surface area (Å²) >= 11 is 6.03. The Labute approximate surface area is 183 Å². The first kappa shape index (κ1) is 22.7. The normalized spacial score (nSPS) is 14.3. The van der Waals surface area contributed by atoms with Crippen molar-refractivity contribution in [1.29, 1.82) is 0 Å². The first-order chi connectivity index (χ1) is 14.8. The highest BCUT2D eigenvalue weighted by Crippen LogP contribution is 2.23. The van der Waals surface area contributed by atoms with Crippen molar-refractivity contribution in [2.75, 3.05) is 25.0 Å². The van der Waals surface area contributed by atoms with Crippen LogP contribution in [-0.2, 0) is 9.59 Å². The average Bonchev–Trinajstić information content (AvgIpc) is 2.75. The second kappa shape index (κ2) is 9.87. The molecule has 0 atom stereocenters. The van der Waals surface area contributed by atoms with E-state index in [1.807, 2.05) is 0 Å². The molecule has 0 unspecified atom stereocenters. The van der Waals surface area contributed by atoms with Gasteiger partial charge in [0.05, 0.1) is 12.1 Å². The quantitative estimate of drug-likeness (QED) is 0.733. The van der Waals surface area contributed by atoms with Crippen LogP contribution in [0.25, 0.3) is 0 Å². The number of piperidine rings is 1. The lowest BCUT2D eigenvalue weighted by atomic mass is 9.95. The van der Waals surface area contributed by atoms with Gasteiger partial charge in [0.2, 0.25) is 11.8 Å². The van der Waals surface area contributed by atoms with Gasteiger partial charge in [-0.3, -0.25) is 14.4 Å². The molecule has 2 aromatic carbocycles. The fourth-order valence-electron chi connectivity index (χ4n) is 3.43. The molecule has 1 aliphatic heterocycles. The average molecular weight is 450 g/mol. The van der Waals surface area contributed by atoms with E-state index in [0.717, 1.165) is 17.7 Å². The zero-order valence-electron chi connectivity index (χ0n) is 16.9. The number of likely N-dealkylation sites (tertiary alicyclic amines) is 1. The maximum atomic E-state index is 13.8. The van der Waals surface area contributed by atoms with E-state index in [0.29, 0.717) is 29.6 Å². The number of nitrogens with one attached hydrogen (secondary N) is 2. The second-order valence-electron chi connectivity index (χ2n) is 7.37. The molecule has 0 aromatic heterocycles. The van der Waals surface area contributed by atoms with Crippen LogP contribution in [0.4, 0.5) is 14.5 Å². The summed E-state index contributed by atoms with van der Waals surface area (Å²) in [5.74, 6) is -3.21. The zero-order valence-corrected chi connectivity index (χ0v) is 17.6. The number of hydrogen-bond acceptors (Lipinski definition) is 3. The molecule has 0 spiro atoms. The molecule has 0 saturated carbocycles. The smallest absolute Gasteiger partial charge is 0.256 e. The van der Waals surface area contributed by atoms with Crippen LogP contribution in [0.5, 0.6) is 0 Å². The van der Waals surface area contributed by atoms with Crippen LogP contribution in [0.3, 0.4) is 0 Å². The van der Waals surface area contributed by atoms with Crippen molar-refractivity contribution in [3.63, 3.8) is 0 Å². The Morgan fingerprint density at radius 2 is 1.84 bits per heavy atom. The van der Waals surface area contributed by atoms with Crippen molar-refractivity contribution in [3.8, 4) is 0 Å². The molecule has 2 aromatic rings. The number of anilines is 1. The summed E-state index contributed by atoms with van der Waals surface area (Å²) < 4.78 is 26.9. The molecule has 0 aliphatic carbocycles. The third-order valence-electron chi connectivity index (χ3n) is 5.28. The first-order valence-electron chi connectivity index (χ1n) is 9.83. The van der Waals surface area contributed by atoms with Gasteiger partial charge in [0.25, 0.3) is 5.91 Å². The third kappa shape index (κ3) is 5.58. The molecule has 0 radical (unpaired) electrons. The Morgan fingerprint density at radius 3 is 2.52 bits per heavy atom. The summed E-state index contributed by atoms with van der Waals surface area (Å²) in [6.07, 6.45) is 0.769. The summed E-state index contributed by atoms with van der Waals surface area (Å²) in [5, 5.41) is 5.85. The van der Waals surface area contributed by atoms with Gasteiger partial charge in [-0.1, -0.05) is 17.7 Å². The predicted molar refractivity (Wildman–Crippen MR) is 113 cm³/mol. The summed E-state index contributed by atoms with van der Waals surface area (Å²) in [5.41, 5.74) is 1.11. The van der Waals surface area contributed by atoms with Crippen molar-refractivity contribution in [2.45, 2.75) is 19.8 Å². The zero-order chi connectivity index (χ0) is 22.5. The Morgan fingerprint density at radius 1 is 1.13 bits per heavy atom. The molecule has 164 valence electrons. The maximum absolute atomic E-state index is 13.8. The molecule has 9 heteroatoms. The fourth-order valence-corrected chi connectivity index (χ4v) is 3.60. The van der Waals surface area contributed by atoms with Crippen LogP contribution in [0.1, 0.15) is 28.8 Å². The van der Waals surface area contributed by atoms with Gasteiger partial charge in [0.15, 0.2) is 0 Å². The standard InChI is InChI=1S/C22H22ClF2N3O3/c1-13-17(23)3-2-4-19(13)27-20(29)12-26-21(30)14-7-9-28(10-8-14)22(31)16-6-5-15(24)11-18(16)25/h2-6,11,14H,7-10,12H2,1H3,(H,26,30)(H,27,29). The number of rotatable bonds is 5. The molecule has 1 fully saturated rings. The summed E-state index contributed by atoms with van der Waals surface area (Å²) in [7, 11) is 0. The minimum absolute atomic E-state index is 0.190. The summed E-state index contributed by atoms with van der Waals surface area (Å²) in [6.45, 7) is 2.12. The second-order valence-corrected chi connectivity index (χ2v) is 7.78. The SMILES string of the molecule is Cc1c(Cl)cccc1NC(=O)CNC(=O)C1CCN(C(=O)c2ccc(F)cc2F)CC1. The molecule has 2 N–H and O–H groups in total. The molecule has 0 bridgehead atoms. The van der Waals surface area contributed by atoms with Gasteiger partial charge in [-0.25, -0.2) is 8.78 Å². The van der Waals surface area contributed by atoms with E-state index in [1.165, 1.54) is 4.90 Å². The van der Waals surface area contributed by atoms with Crippen molar-refractivity contribution in [2.24, 2.45) is 5.92 Å². The molecule has 3 amide bonds. The van der Waals surface area contributed by atoms with E-state index in [-0.39, 0.29) is 42.9 Å². The van der Waals surface area contributed by atoms with E-state index in [1.54, 1.807) is 25.1 Å². The van der Waals surface area contributed by atoms with Crippen LogP contribution < -0.4 is 10.6 Å². The largest absolute Gasteiger partial charge is 0.347 e. The van der Waals surface area contributed by atoms with Crippen LogP contribution in [-0.4, -0.2) is 42.3 Å². The van der Waals surface area contributed by atoms with E-state index >= 15 is 0 Å². The Kier molecular flexibility index (Phi) is 7.22. The van der Waals surface area contributed by atoms with E-state index < -0.39 is 17.5 Å². The Bertz CT molecular complexity index is 1010. The van der Waals surface area contributed by atoms with Crippen molar-refractivity contribution in [3.05, 3.63) is 64.2 Å². The van der Waals surface area contributed by atoms with Crippen LogP contribution in [0.2, 0.25) is 5.02 Å². The Balaban J connectivity index is 1.47. The lowest BCUT2D eigenvalue weighted by Gasteiger charge is -2.31. The third-order valence-corrected chi connectivity index (χ3v) is 5.69. The van der Waals surface area contributed by atoms with Gasteiger partial charge in [-0.05, 0) is 49.6 Å². The molecule has 1 saturated heterocycles.